The highest BCUT2D eigenvalue weighted by Crippen LogP contribution is 2.17. The highest BCUT2D eigenvalue weighted by Gasteiger charge is 2.22. The van der Waals surface area contributed by atoms with Crippen LogP contribution in [0.1, 0.15) is 33.3 Å². The van der Waals surface area contributed by atoms with Crippen molar-refractivity contribution in [3.05, 3.63) is 29.8 Å². The number of carbonyl (C=O) groups is 1. The standard InChI is InChI=1S/C14H19BrO3/c1-10(13(16)18-14(2,3)4)17-12-7-5-11(9-15)6-8-12/h5-8,10H,9H2,1-4H3. The molecule has 3 nitrogen and oxygen atoms in total. The molecule has 0 aliphatic carbocycles. The maximum absolute atomic E-state index is 11.7. The monoisotopic (exact) mass is 314 g/mol. The molecule has 1 aromatic rings. The first-order valence-electron chi connectivity index (χ1n) is 5.86. The highest BCUT2D eigenvalue weighted by molar-refractivity contribution is 9.08. The van der Waals surface area contributed by atoms with Gasteiger partial charge in [-0.15, -0.1) is 0 Å². The van der Waals surface area contributed by atoms with Gasteiger partial charge >= 0.3 is 5.97 Å². The van der Waals surface area contributed by atoms with Gasteiger partial charge in [-0.3, -0.25) is 0 Å². The molecule has 18 heavy (non-hydrogen) atoms. The molecule has 1 rings (SSSR count). The maximum Gasteiger partial charge on any atom is 0.347 e. The number of halogens is 1. The van der Waals surface area contributed by atoms with Crippen molar-refractivity contribution >= 4 is 21.9 Å². The molecule has 0 amide bonds. The van der Waals surface area contributed by atoms with Crippen molar-refractivity contribution in [2.75, 3.05) is 0 Å². The van der Waals surface area contributed by atoms with Gasteiger partial charge in [-0.25, -0.2) is 4.79 Å². The van der Waals surface area contributed by atoms with Crippen molar-refractivity contribution in [2.45, 2.75) is 44.7 Å². The van der Waals surface area contributed by atoms with Gasteiger partial charge in [0.2, 0.25) is 0 Å². The Morgan fingerprint density at radius 3 is 2.28 bits per heavy atom. The molecule has 1 aromatic carbocycles. The Kier molecular flexibility index (Phi) is 5.20. The topological polar surface area (TPSA) is 35.5 Å². The Bertz CT molecular complexity index is 392. The molecule has 0 aliphatic heterocycles. The van der Waals surface area contributed by atoms with Crippen LogP contribution in [0.15, 0.2) is 24.3 Å². The van der Waals surface area contributed by atoms with Gasteiger partial charge in [0.1, 0.15) is 11.4 Å². The van der Waals surface area contributed by atoms with E-state index in [9.17, 15) is 4.79 Å². The Hall–Kier alpha value is -1.03. The summed E-state index contributed by atoms with van der Waals surface area (Å²) in [6.07, 6.45) is -0.612. The minimum absolute atomic E-state index is 0.355. The van der Waals surface area contributed by atoms with Gasteiger partial charge in [0.05, 0.1) is 0 Å². The summed E-state index contributed by atoms with van der Waals surface area (Å²) in [5, 5.41) is 0.800. The van der Waals surface area contributed by atoms with Crippen molar-refractivity contribution in [3.63, 3.8) is 0 Å². The summed E-state index contributed by atoms with van der Waals surface area (Å²) in [6.45, 7) is 7.19. The zero-order valence-electron chi connectivity index (χ0n) is 11.2. The lowest BCUT2D eigenvalue weighted by Gasteiger charge is -2.22. The number of ether oxygens (including phenoxy) is 2. The van der Waals surface area contributed by atoms with Crippen LogP contribution in [0, 0.1) is 0 Å². The second-order valence-electron chi connectivity index (χ2n) is 5.07. The molecule has 0 fully saturated rings. The van der Waals surface area contributed by atoms with Gasteiger partial charge in [0, 0.05) is 5.33 Å². The van der Waals surface area contributed by atoms with Crippen molar-refractivity contribution in [3.8, 4) is 5.75 Å². The van der Waals surface area contributed by atoms with Gasteiger partial charge in [-0.05, 0) is 45.4 Å². The number of esters is 1. The van der Waals surface area contributed by atoms with Crippen molar-refractivity contribution in [2.24, 2.45) is 0 Å². The Morgan fingerprint density at radius 2 is 1.83 bits per heavy atom. The number of hydrogen-bond acceptors (Lipinski definition) is 3. The van der Waals surface area contributed by atoms with Gasteiger partial charge in [-0.2, -0.15) is 0 Å². The molecular formula is C14H19BrO3. The van der Waals surface area contributed by atoms with Gasteiger partial charge in [-0.1, -0.05) is 28.1 Å². The second kappa shape index (κ2) is 6.23. The Morgan fingerprint density at radius 1 is 1.28 bits per heavy atom. The molecule has 100 valence electrons. The number of alkyl halides is 1. The summed E-state index contributed by atoms with van der Waals surface area (Å²) < 4.78 is 10.8. The van der Waals surface area contributed by atoms with Crippen LogP contribution < -0.4 is 4.74 Å². The first-order valence-corrected chi connectivity index (χ1v) is 6.98. The summed E-state index contributed by atoms with van der Waals surface area (Å²) >= 11 is 3.37. The summed E-state index contributed by atoms with van der Waals surface area (Å²) in [7, 11) is 0. The molecule has 0 aromatic heterocycles. The number of carbonyl (C=O) groups excluding carboxylic acids is 1. The SMILES string of the molecule is CC(Oc1ccc(CBr)cc1)C(=O)OC(C)(C)C. The van der Waals surface area contributed by atoms with Crippen LogP contribution >= 0.6 is 15.9 Å². The molecule has 1 unspecified atom stereocenters. The average molecular weight is 315 g/mol. The zero-order valence-corrected chi connectivity index (χ0v) is 12.8. The van der Waals surface area contributed by atoms with E-state index in [0.717, 1.165) is 10.9 Å². The minimum atomic E-state index is -0.612. The average Bonchev–Trinajstić information content (AvgIpc) is 2.27. The fraction of sp³-hybridized carbons (Fsp3) is 0.500. The molecule has 0 radical (unpaired) electrons. The Balaban J connectivity index is 2.58. The van der Waals surface area contributed by atoms with Crippen LogP contribution in [-0.2, 0) is 14.9 Å². The minimum Gasteiger partial charge on any atom is -0.479 e. The van der Waals surface area contributed by atoms with E-state index in [2.05, 4.69) is 15.9 Å². The van der Waals surface area contributed by atoms with E-state index >= 15 is 0 Å². The third-order valence-electron chi connectivity index (χ3n) is 2.13. The molecule has 0 saturated carbocycles. The van der Waals surface area contributed by atoms with E-state index < -0.39 is 11.7 Å². The normalized spacial score (nSPS) is 12.9. The first-order chi connectivity index (χ1) is 8.31. The van der Waals surface area contributed by atoms with E-state index in [1.807, 2.05) is 45.0 Å². The number of hydrogen-bond donors (Lipinski definition) is 0. The first kappa shape index (κ1) is 15.0. The molecule has 0 heterocycles. The van der Waals surface area contributed by atoms with Crippen molar-refractivity contribution in [1.82, 2.24) is 0 Å². The van der Waals surface area contributed by atoms with Crippen LogP contribution in [-0.4, -0.2) is 17.7 Å². The van der Waals surface area contributed by atoms with Gasteiger partial charge in [0.25, 0.3) is 0 Å². The zero-order chi connectivity index (χ0) is 13.8. The fourth-order valence-corrected chi connectivity index (χ4v) is 1.67. The lowest BCUT2D eigenvalue weighted by molar-refractivity contribution is -0.162. The quantitative estimate of drug-likeness (QED) is 0.628. The third-order valence-corrected chi connectivity index (χ3v) is 2.78. The maximum atomic E-state index is 11.7. The smallest absolute Gasteiger partial charge is 0.347 e. The molecular weight excluding hydrogens is 296 g/mol. The number of rotatable bonds is 4. The lowest BCUT2D eigenvalue weighted by Crippen LogP contribution is -2.33. The van der Waals surface area contributed by atoms with E-state index in [-0.39, 0.29) is 5.97 Å². The van der Waals surface area contributed by atoms with Crippen molar-refractivity contribution < 1.29 is 14.3 Å². The van der Waals surface area contributed by atoms with Crippen LogP contribution in [0.3, 0.4) is 0 Å². The van der Waals surface area contributed by atoms with Gasteiger partial charge in [0.15, 0.2) is 6.10 Å². The largest absolute Gasteiger partial charge is 0.479 e. The summed E-state index contributed by atoms with van der Waals surface area (Å²) in [6, 6.07) is 7.59. The predicted molar refractivity (Wildman–Crippen MR) is 75.0 cm³/mol. The van der Waals surface area contributed by atoms with E-state index in [0.29, 0.717) is 5.75 Å². The molecule has 0 N–H and O–H groups in total. The molecule has 0 aliphatic rings. The van der Waals surface area contributed by atoms with Crippen LogP contribution in [0.5, 0.6) is 5.75 Å². The second-order valence-corrected chi connectivity index (χ2v) is 5.63. The van der Waals surface area contributed by atoms with Crippen LogP contribution in [0.25, 0.3) is 0 Å². The summed E-state index contributed by atoms with van der Waals surface area (Å²) in [4.78, 5) is 11.7. The number of benzene rings is 1. The van der Waals surface area contributed by atoms with E-state index in [1.54, 1.807) is 6.92 Å². The fourth-order valence-electron chi connectivity index (χ4n) is 1.29. The van der Waals surface area contributed by atoms with Crippen LogP contribution in [0.4, 0.5) is 0 Å². The molecule has 0 spiro atoms. The highest BCUT2D eigenvalue weighted by atomic mass is 79.9. The molecule has 4 heteroatoms. The van der Waals surface area contributed by atoms with E-state index in [4.69, 9.17) is 9.47 Å². The molecule has 1 atom stereocenters. The van der Waals surface area contributed by atoms with Crippen LogP contribution in [0.2, 0.25) is 0 Å². The third kappa shape index (κ3) is 5.08. The lowest BCUT2D eigenvalue weighted by atomic mass is 10.2. The molecule has 0 saturated heterocycles. The Labute approximate surface area is 117 Å². The van der Waals surface area contributed by atoms with Gasteiger partial charge < -0.3 is 9.47 Å². The summed E-state index contributed by atoms with van der Waals surface area (Å²) in [5.41, 5.74) is 0.668. The van der Waals surface area contributed by atoms with E-state index in [1.165, 1.54) is 0 Å². The molecule has 0 bridgehead atoms. The predicted octanol–water partition coefficient (Wildman–Crippen LogP) is 3.69. The summed E-state index contributed by atoms with van der Waals surface area (Å²) in [5.74, 6) is 0.310. The van der Waals surface area contributed by atoms with Crippen molar-refractivity contribution in [1.29, 1.82) is 0 Å².